The second-order valence-electron chi connectivity index (χ2n) is 4.63. The zero-order chi connectivity index (χ0) is 15.0. The molecular weight excluding hydrogens is 274 g/mol. The highest BCUT2D eigenvalue weighted by Crippen LogP contribution is 2.22. The predicted molar refractivity (Wildman–Crippen MR) is 72.1 cm³/mol. The quantitative estimate of drug-likeness (QED) is 0.549. The summed E-state index contributed by atoms with van der Waals surface area (Å²) in [6.07, 6.45) is -0.120. The van der Waals surface area contributed by atoms with Gasteiger partial charge in [-0.1, -0.05) is 17.9 Å². The van der Waals surface area contributed by atoms with Gasteiger partial charge in [0.15, 0.2) is 23.2 Å². The molecule has 0 amide bonds. The number of hydrogen-bond acceptors (Lipinski definition) is 2. The number of Topliss-reactive ketones (excluding diaryl/α,β-unsaturated/α-hetero) is 2. The summed E-state index contributed by atoms with van der Waals surface area (Å²) in [6, 6.07) is 8.38. The minimum absolute atomic E-state index is 0.0575. The summed E-state index contributed by atoms with van der Waals surface area (Å²) in [7, 11) is 0. The summed E-state index contributed by atoms with van der Waals surface area (Å²) in [5.74, 6) is 2.79. The van der Waals surface area contributed by atoms with Crippen molar-refractivity contribution in [3.8, 4) is 11.8 Å². The normalized spacial score (nSPS) is 12.9. The highest BCUT2D eigenvalue weighted by Gasteiger charge is 2.26. The van der Waals surface area contributed by atoms with Gasteiger partial charge in [0.25, 0.3) is 0 Å². The molecule has 0 fully saturated rings. The monoisotopic (exact) mass is 282 g/mol. The number of carbonyl (C=O) groups excluding carboxylic acids is 2. The molecule has 0 aromatic heterocycles. The molecule has 2 aromatic carbocycles. The number of ketones is 2. The zero-order valence-corrected chi connectivity index (χ0v) is 10.7. The van der Waals surface area contributed by atoms with Gasteiger partial charge in [-0.3, -0.25) is 9.59 Å². The fourth-order valence-electron chi connectivity index (χ4n) is 2.17. The number of benzene rings is 2. The molecular formula is C17H8F2O2. The first-order valence-electron chi connectivity index (χ1n) is 6.23. The highest BCUT2D eigenvalue weighted by atomic mass is 19.2. The third-order valence-electron chi connectivity index (χ3n) is 3.23. The maximum Gasteiger partial charge on any atom is 0.174 e. The molecule has 3 rings (SSSR count). The Hall–Kier alpha value is -2.80. The fourth-order valence-corrected chi connectivity index (χ4v) is 2.17. The summed E-state index contributed by atoms with van der Waals surface area (Å²) in [5, 5.41) is 0. The summed E-state index contributed by atoms with van der Waals surface area (Å²) in [6.45, 7) is 0. The van der Waals surface area contributed by atoms with Gasteiger partial charge in [0.05, 0.1) is 12.0 Å². The van der Waals surface area contributed by atoms with Crippen molar-refractivity contribution in [2.24, 2.45) is 0 Å². The van der Waals surface area contributed by atoms with E-state index in [0.29, 0.717) is 16.7 Å². The number of hydrogen-bond donors (Lipinski definition) is 0. The Labute approximate surface area is 119 Å². The van der Waals surface area contributed by atoms with Gasteiger partial charge in [-0.25, -0.2) is 8.78 Å². The van der Waals surface area contributed by atoms with Crippen molar-refractivity contribution in [3.05, 3.63) is 70.3 Å². The van der Waals surface area contributed by atoms with E-state index in [1.807, 2.05) is 0 Å². The molecule has 0 saturated carbocycles. The van der Waals surface area contributed by atoms with Gasteiger partial charge in [0, 0.05) is 16.7 Å². The lowest BCUT2D eigenvalue weighted by Crippen LogP contribution is -1.92. The van der Waals surface area contributed by atoms with Crippen molar-refractivity contribution in [2.45, 2.75) is 6.42 Å². The molecule has 4 heteroatoms. The SMILES string of the molecule is O=C1CC(=O)c2cc(C#Cc3cccc(F)c3F)ccc21. The van der Waals surface area contributed by atoms with Crippen molar-refractivity contribution in [2.75, 3.05) is 0 Å². The third kappa shape index (κ3) is 2.34. The maximum absolute atomic E-state index is 13.5. The van der Waals surface area contributed by atoms with Gasteiger partial charge in [-0.05, 0) is 30.3 Å². The Morgan fingerprint density at radius 1 is 0.905 bits per heavy atom. The van der Waals surface area contributed by atoms with Crippen LogP contribution < -0.4 is 0 Å². The molecule has 102 valence electrons. The van der Waals surface area contributed by atoms with Gasteiger partial charge in [-0.2, -0.15) is 0 Å². The second-order valence-corrected chi connectivity index (χ2v) is 4.63. The van der Waals surface area contributed by atoms with Crippen LogP contribution in [0.4, 0.5) is 8.78 Å². The third-order valence-corrected chi connectivity index (χ3v) is 3.23. The number of fused-ring (bicyclic) bond motifs is 1. The smallest absolute Gasteiger partial charge is 0.174 e. The largest absolute Gasteiger partial charge is 0.294 e. The molecule has 0 aliphatic heterocycles. The molecule has 0 N–H and O–H groups in total. The molecule has 0 atom stereocenters. The molecule has 0 bridgehead atoms. The van der Waals surface area contributed by atoms with Crippen molar-refractivity contribution in [3.63, 3.8) is 0 Å². The van der Waals surface area contributed by atoms with Gasteiger partial charge in [-0.15, -0.1) is 0 Å². The lowest BCUT2D eigenvalue weighted by molar-refractivity contribution is 0.0923. The van der Waals surface area contributed by atoms with Crippen LogP contribution in [0.1, 0.15) is 38.3 Å². The molecule has 21 heavy (non-hydrogen) atoms. The van der Waals surface area contributed by atoms with Gasteiger partial charge in [0.1, 0.15) is 0 Å². The molecule has 2 aromatic rings. The second kappa shape index (κ2) is 4.95. The van der Waals surface area contributed by atoms with Crippen LogP contribution in [-0.4, -0.2) is 11.6 Å². The fraction of sp³-hybridized carbons (Fsp3) is 0.0588. The Morgan fingerprint density at radius 2 is 1.67 bits per heavy atom. The summed E-state index contributed by atoms with van der Waals surface area (Å²) in [4.78, 5) is 23.1. The average molecular weight is 282 g/mol. The molecule has 1 aliphatic rings. The van der Waals surface area contributed by atoms with Crippen LogP contribution in [0.2, 0.25) is 0 Å². The van der Waals surface area contributed by atoms with Crippen LogP contribution >= 0.6 is 0 Å². The van der Waals surface area contributed by atoms with Crippen molar-refractivity contribution in [1.29, 1.82) is 0 Å². The van der Waals surface area contributed by atoms with E-state index in [0.717, 1.165) is 6.07 Å². The number of carbonyl (C=O) groups is 2. The minimum atomic E-state index is -1.00. The number of rotatable bonds is 0. The van der Waals surface area contributed by atoms with E-state index in [2.05, 4.69) is 11.8 Å². The van der Waals surface area contributed by atoms with Gasteiger partial charge in [0.2, 0.25) is 0 Å². The summed E-state index contributed by atoms with van der Waals surface area (Å²) < 4.78 is 26.5. The Bertz CT molecular complexity index is 842. The van der Waals surface area contributed by atoms with E-state index < -0.39 is 11.6 Å². The first-order valence-corrected chi connectivity index (χ1v) is 6.23. The standard InChI is InChI=1S/C17H8F2O2/c18-14-3-1-2-11(17(14)19)6-4-10-5-7-12-13(8-10)16(21)9-15(12)20/h1-3,5,7-8H,9H2. The van der Waals surface area contributed by atoms with E-state index in [-0.39, 0.29) is 23.6 Å². The highest BCUT2D eigenvalue weighted by molar-refractivity contribution is 6.24. The van der Waals surface area contributed by atoms with E-state index in [1.54, 1.807) is 6.07 Å². The van der Waals surface area contributed by atoms with Gasteiger partial charge >= 0.3 is 0 Å². The van der Waals surface area contributed by atoms with E-state index >= 15 is 0 Å². The van der Waals surface area contributed by atoms with E-state index in [9.17, 15) is 18.4 Å². The van der Waals surface area contributed by atoms with Gasteiger partial charge < -0.3 is 0 Å². The van der Waals surface area contributed by atoms with Crippen molar-refractivity contribution >= 4 is 11.6 Å². The lowest BCUT2D eigenvalue weighted by atomic mass is 10.1. The maximum atomic E-state index is 13.5. The van der Waals surface area contributed by atoms with Crippen LogP contribution in [0.5, 0.6) is 0 Å². The van der Waals surface area contributed by atoms with E-state index in [4.69, 9.17) is 0 Å². The Balaban J connectivity index is 1.99. The van der Waals surface area contributed by atoms with Crippen LogP contribution in [0.25, 0.3) is 0 Å². The minimum Gasteiger partial charge on any atom is -0.294 e. The van der Waals surface area contributed by atoms with Crippen LogP contribution in [0, 0.1) is 23.5 Å². The zero-order valence-electron chi connectivity index (χ0n) is 10.7. The van der Waals surface area contributed by atoms with E-state index in [1.165, 1.54) is 24.3 Å². The van der Waals surface area contributed by atoms with Crippen LogP contribution in [0.3, 0.4) is 0 Å². The van der Waals surface area contributed by atoms with Crippen LogP contribution in [-0.2, 0) is 0 Å². The lowest BCUT2D eigenvalue weighted by Gasteiger charge is -1.97. The van der Waals surface area contributed by atoms with Crippen molar-refractivity contribution < 1.29 is 18.4 Å². The first kappa shape index (κ1) is 13.2. The molecule has 0 unspecified atom stereocenters. The molecule has 0 heterocycles. The predicted octanol–water partition coefficient (Wildman–Crippen LogP) is 3.13. The topological polar surface area (TPSA) is 34.1 Å². The Kier molecular flexibility index (Phi) is 3.11. The molecule has 0 saturated heterocycles. The summed E-state index contributed by atoms with van der Waals surface area (Å²) >= 11 is 0. The number of halogens is 2. The molecule has 1 aliphatic carbocycles. The average Bonchev–Trinajstić information content (AvgIpc) is 2.75. The molecule has 0 spiro atoms. The Morgan fingerprint density at radius 3 is 2.48 bits per heavy atom. The summed E-state index contributed by atoms with van der Waals surface area (Å²) in [5.41, 5.74) is 1.15. The first-order chi connectivity index (χ1) is 10.1. The van der Waals surface area contributed by atoms with Crippen molar-refractivity contribution in [1.82, 2.24) is 0 Å². The molecule has 2 nitrogen and oxygen atoms in total. The van der Waals surface area contributed by atoms with Crippen LogP contribution in [0.15, 0.2) is 36.4 Å². The molecule has 0 radical (unpaired) electrons.